The highest BCUT2D eigenvalue weighted by molar-refractivity contribution is 7.99. The second kappa shape index (κ2) is 7.66. The predicted octanol–water partition coefficient (Wildman–Crippen LogP) is 4.26. The Kier molecular flexibility index (Phi) is 5.25. The number of anilines is 1. The third kappa shape index (κ3) is 3.77. The maximum absolute atomic E-state index is 12.9. The molecule has 1 N–H and O–H groups in total. The van der Waals surface area contributed by atoms with E-state index in [4.69, 9.17) is 11.6 Å². The van der Waals surface area contributed by atoms with Crippen LogP contribution >= 0.6 is 34.7 Å². The summed E-state index contributed by atoms with van der Waals surface area (Å²) in [4.78, 5) is 31.8. The third-order valence-corrected chi connectivity index (χ3v) is 7.08. The number of carbonyl (C=O) groups is 1. The SMILES string of the molecule is Cn1c(SCC(=O)Nc2ccc(Cl)cc2)nc2sc3c(c2c1=O)CCCC3. The number of carbonyl (C=O) groups excluding carboxylic acids is 1. The zero-order valence-electron chi connectivity index (χ0n) is 14.8. The molecule has 0 saturated heterocycles. The predicted molar refractivity (Wildman–Crippen MR) is 112 cm³/mol. The Balaban J connectivity index is 1.53. The average Bonchev–Trinajstić information content (AvgIpc) is 3.04. The molecule has 1 aliphatic rings. The fraction of sp³-hybridized carbons (Fsp3) is 0.316. The van der Waals surface area contributed by atoms with Crippen LogP contribution in [0, 0.1) is 0 Å². The van der Waals surface area contributed by atoms with Gasteiger partial charge in [-0.05, 0) is 55.5 Å². The van der Waals surface area contributed by atoms with Crippen molar-refractivity contribution in [3.63, 3.8) is 0 Å². The van der Waals surface area contributed by atoms with Gasteiger partial charge in [-0.1, -0.05) is 23.4 Å². The first-order valence-electron chi connectivity index (χ1n) is 8.72. The number of benzene rings is 1. The van der Waals surface area contributed by atoms with E-state index in [2.05, 4.69) is 10.3 Å². The van der Waals surface area contributed by atoms with Gasteiger partial charge in [-0.2, -0.15) is 0 Å². The minimum atomic E-state index is -0.151. The highest BCUT2D eigenvalue weighted by Gasteiger charge is 2.21. The van der Waals surface area contributed by atoms with E-state index in [-0.39, 0.29) is 17.2 Å². The summed E-state index contributed by atoms with van der Waals surface area (Å²) in [5.74, 6) is 0.0293. The number of amides is 1. The fourth-order valence-corrected chi connectivity index (χ4v) is 5.46. The first kappa shape index (κ1) is 18.5. The molecule has 140 valence electrons. The lowest BCUT2D eigenvalue weighted by Gasteiger charge is -2.11. The van der Waals surface area contributed by atoms with Crippen molar-refractivity contribution in [3.8, 4) is 0 Å². The van der Waals surface area contributed by atoms with Crippen LogP contribution in [0.3, 0.4) is 0 Å². The molecule has 3 aromatic rings. The van der Waals surface area contributed by atoms with E-state index in [1.165, 1.54) is 28.6 Å². The van der Waals surface area contributed by atoms with Crippen molar-refractivity contribution in [3.05, 3.63) is 50.1 Å². The highest BCUT2D eigenvalue weighted by atomic mass is 35.5. The Bertz CT molecular complexity index is 1070. The number of rotatable bonds is 4. The van der Waals surface area contributed by atoms with Gasteiger partial charge >= 0.3 is 0 Å². The second-order valence-corrected chi connectivity index (χ2v) is 8.96. The molecule has 2 heterocycles. The summed E-state index contributed by atoms with van der Waals surface area (Å²) in [7, 11) is 1.72. The molecule has 8 heteroatoms. The molecule has 0 saturated carbocycles. The summed E-state index contributed by atoms with van der Waals surface area (Å²) in [5.41, 5.74) is 1.86. The van der Waals surface area contributed by atoms with Gasteiger partial charge in [-0.25, -0.2) is 4.98 Å². The second-order valence-electron chi connectivity index (χ2n) is 6.49. The fourth-order valence-electron chi connectivity index (χ4n) is 3.26. The van der Waals surface area contributed by atoms with Crippen molar-refractivity contribution in [2.45, 2.75) is 30.8 Å². The molecule has 0 spiro atoms. The number of halogens is 1. The third-order valence-electron chi connectivity index (χ3n) is 4.62. The van der Waals surface area contributed by atoms with Crippen molar-refractivity contribution >= 4 is 56.5 Å². The Morgan fingerprint density at radius 2 is 2.04 bits per heavy atom. The molecule has 0 fully saturated rings. The van der Waals surface area contributed by atoms with Crippen molar-refractivity contribution < 1.29 is 4.79 Å². The number of thioether (sulfide) groups is 1. The van der Waals surface area contributed by atoms with Crippen LogP contribution in [0.2, 0.25) is 5.02 Å². The maximum Gasteiger partial charge on any atom is 0.262 e. The van der Waals surface area contributed by atoms with Crippen LogP contribution in [0.5, 0.6) is 0 Å². The molecule has 1 amide bonds. The first-order chi connectivity index (χ1) is 13.0. The summed E-state index contributed by atoms with van der Waals surface area (Å²) in [6.07, 6.45) is 4.30. The monoisotopic (exact) mass is 419 g/mol. The number of nitrogens with zero attached hydrogens (tertiary/aromatic N) is 2. The van der Waals surface area contributed by atoms with Crippen LogP contribution in [0.1, 0.15) is 23.3 Å². The quantitative estimate of drug-likeness (QED) is 0.507. The smallest absolute Gasteiger partial charge is 0.262 e. The topological polar surface area (TPSA) is 64.0 Å². The van der Waals surface area contributed by atoms with Gasteiger partial charge in [0.15, 0.2) is 5.16 Å². The molecule has 1 aliphatic carbocycles. The normalized spacial score (nSPS) is 13.6. The summed E-state index contributed by atoms with van der Waals surface area (Å²) in [6.45, 7) is 0. The Morgan fingerprint density at radius 3 is 2.81 bits per heavy atom. The molecule has 0 aliphatic heterocycles. The molecule has 27 heavy (non-hydrogen) atoms. The Morgan fingerprint density at radius 1 is 1.30 bits per heavy atom. The van der Waals surface area contributed by atoms with E-state index in [9.17, 15) is 9.59 Å². The lowest BCUT2D eigenvalue weighted by molar-refractivity contribution is -0.113. The summed E-state index contributed by atoms with van der Waals surface area (Å²) in [6, 6.07) is 6.95. The minimum Gasteiger partial charge on any atom is -0.325 e. The van der Waals surface area contributed by atoms with Gasteiger partial charge < -0.3 is 5.32 Å². The minimum absolute atomic E-state index is 0.0139. The van der Waals surface area contributed by atoms with E-state index in [1.54, 1.807) is 47.2 Å². The van der Waals surface area contributed by atoms with Gasteiger partial charge in [0.2, 0.25) is 5.91 Å². The number of aryl methyl sites for hydroxylation is 2. The maximum atomic E-state index is 12.9. The molecular formula is C19H18ClN3O2S2. The number of hydrogen-bond donors (Lipinski definition) is 1. The Hall–Kier alpha value is -1.83. The van der Waals surface area contributed by atoms with E-state index < -0.39 is 0 Å². The van der Waals surface area contributed by atoms with E-state index in [1.807, 2.05) is 0 Å². The van der Waals surface area contributed by atoms with Crippen LogP contribution in [0.25, 0.3) is 10.2 Å². The van der Waals surface area contributed by atoms with Crippen LogP contribution < -0.4 is 10.9 Å². The number of nitrogens with one attached hydrogen (secondary N) is 1. The zero-order valence-corrected chi connectivity index (χ0v) is 17.1. The molecule has 4 rings (SSSR count). The molecule has 5 nitrogen and oxygen atoms in total. The van der Waals surface area contributed by atoms with Crippen molar-refractivity contribution in [2.24, 2.45) is 7.05 Å². The van der Waals surface area contributed by atoms with Crippen molar-refractivity contribution in [1.29, 1.82) is 0 Å². The summed E-state index contributed by atoms with van der Waals surface area (Å²) >= 11 is 8.75. The van der Waals surface area contributed by atoms with E-state index >= 15 is 0 Å². The van der Waals surface area contributed by atoms with Gasteiger partial charge in [-0.15, -0.1) is 11.3 Å². The molecule has 0 unspecified atom stereocenters. The van der Waals surface area contributed by atoms with E-state index in [0.717, 1.165) is 29.5 Å². The van der Waals surface area contributed by atoms with Gasteiger partial charge in [-0.3, -0.25) is 14.2 Å². The number of thiophene rings is 1. The van der Waals surface area contributed by atoms with Gasteiger partial charge in [0.05, 0.1) is 11.1 Å². The van der Waals surface area contributed by atoms with Gasteiger partial charge in [0.25, 0.3) is 5.56 Å². The molecule has 0 radical (unpaired) electrons. The zero-order chi connectivity index (χ0) is 19.0. The molecule has 0 bridgehead atoms. The first-order valence-corrected chi connectivity index (χ1v) is 10.9. The van der Waals surface area contributed by atoms with Gasteiger partial charge in [0.1, 0.15) is 4.83 Å². The number of fused-ring (bicyclic) bond motifs is 3. The standard InChI is InChI=1S/C19H18ClN3O2S2/c1-23-18(25)16-13-4-2-3-5-14(13)27-17(16)22-19(23)26-10-15(24)21-12-8-6-11(20)7-9-12/h6-9H,2-5,10H2,1H3,(H,21,24). The summed E-state index contributed by atoms with van der Waals surface area (Å²) < 4.78 is 1.56. The Labute approximate surface area is 169 Å². The average molecular weight is 420 g/mol. The molecular weight excluding hydrogens is 402 g/mol. The number of hydrogen-bond acceptors (Lipinski definition) is 5. The summed E-state index contributed by atoms with van der Waals surface area (Å²) in [5, 5.41) is 4.78. The van der Waals surface area contributed by atoms with Crippen molar-refractivity contribution in [2.75, 3.05) is 11.1 Å². The van der Waals surface area contributed by atoms with Crippen molar-refractivity contribution in [1.82, 2.24) is 9.55 Å². The molecule has 0 atom stereocenters. The number of aromatic nitrogens is 2. The van der Waals surface area contributed by atoms with Crippen LogP contribution in [0.15, 0.2) is 34.2 Å². The van der Waals surface area contributed by atoms with E-state index in [0.29, 0.717) is 15.9 Å². The van der Waals surface area contributed by atoms with Crippen LogP contribution in [-0.4, -0.2) is 21.2 Å². The lowest BCUT2D eigenvalue weighted by atomic mass is 9.97. The molecule has 2 aromatic heterocycles. The highest BCUT2D eigenvalue weighted by Crippen LogP contribution is 2.34. The van der Waals surface area contributed by atoms with Gasteiger partial charge in [0, 0.05) is 22.6 Å². The van der Waals surface area contributed by atoms with Crippen LogP contribution in [0.4, 0.5) is 5.69 Å². The largest absolute Gasteiger partial charge is 0.325 e. The molecule has 1 aromatic carbocycles. The van der Waals surface area contributed by atoms with Crippen LogP contribution in [-0.2, 0) is 24.7 Å². The lowest BCUT2D eigenvalue weighted by Crippen LogP contribution is -2.21.